The molecule has 5 nitrogen and oxygen atoms in total. The highest BCUT2D eigenvalue weighted by Gasteiger charge is 2.25. The number of hydrogen-bond acceptors (Lipinski definition) is 4. The van der Waals surface area contributed by atoms with Gasteiger partial charge in [-0.25, -0.2) is 12.8 Å². The molecule has 0 heterocycles. The standard InChI is InChI=1S/C14H21FN2O3S.ClH/c1-11(10-14(18)17-9-3-8-16-2)21(19,20)13-6-4-12(15)5-7-13;/h4-7,11,16H,3,8-10H2,1-2H3,(H,17,18);1H. The fraction of sp³-hybridized carbons (Fsp3) is 0.500. The number of rotatable bonds is 8. The van der Waals surface area contributed by atoms with Crippen molar-refractivity contribution in [1.82, 2.24) is 10.6 Å². The lowest BCUT2D eigenvalue weighted by atomic mass is 10.3. The van der Waals surface area contributed by atoms with Crippen LogP contribution in [0.25, 0.3) is 0 Å². The number of amides is 1. The summed E-state index contributed by atoms with van der Waals surface area (Å²) in [4.78, 5) is 11.7. The molecule has 2 N–H and O–H groups in total. The van der Waals surface area contributed by atoms with Gasteiger partial charge in [0.05, 0.1) is 10.1 Å². The maximum Gasteiger partial charge on any atom is 0.221 e. The van der Waals surface area contributed by atoms with Gasteiger partial charge in [0.2, 0.25) is 5.91 Å². The van der Waals surface area contributed by atoms with Crippen LogP contribution in [-0.4, -0.2) is 39.7 Å². The molecule has 0 radical (unpaired) electrons. The number of carbonyl (C=O) groups is 1. The van der Waals surface area contributed by atoms with E-state index in [1.165, 1.54) is 19.1 Å². The number of benzene rings is 1. The van der Waals surface area contributed by atoms with Crippen LogP contribution < -0.4 is 10.6 Å². The first-order chi connectivity index (χ1) is 9.87. The van der Waals surface area contributed by atoms with E-state index in [4.69, 9.17) is 0 Å². The molecule has 0 bridgehead atoms. The second-order valence-corrected chi connectivity index (χ2v) is 7.19. The molecule has 0 saturated heterocycles. The van der Waals surface area contributed by atoms with Gasteiger partial charge in [0.15, 0.2) is 9.84 Å². The predicted octanol–water partition coefficient (Wildman–Crippen LogP) is 1.53. The second-order valence-electron chi connectivity index (χ2n) is 4.82. The van der Waals surface area contributed by atoms with Crippen LogP contribution in [0, 0.1) is 5.82 Å². The average Bonchev–Trinajstić information content (AvgIpc) is 2.44. The maximum absolute atomic E-state index is 12.8. The van der Waals surface area contributed by atoms with E-state index in [9.17, 15) is 17.6 Å². The van der Waals surface area contributed by atoms with Crippen LogP contribution in [0.2, 0.25) is 0 Å². The lowest BCUT2D eigenvalue weighted by Gasteiger charge is -2.13. The van der Waals surface area contributed by atoms with Gasteiger partial charge < -0.3 is 10.6 Å². The molecule has 0 spiro atoms. The Bertz CT molecular complexity index is 564. The zero-order chi connectivity index (χ0) is 15.9. The molecular weight excluding hydrogens is 331 g/mol. The molecule has 0 aliphatic heterocycles. The van der Waals surface area contributed by atoms with Gasteiger partial charge in [-0.05, 0) is 51.2 Å². The monoisotopic (exact) mass is 352 g/mol. The molecule has 1 amide bonds. The van der Waals surface area contributed by atoms with Gasteiger partial charge in [0.1, 0.15) is 5.82 Å². The van der Waals surface area contributed by atoms with E-state index in [1.807, 2.05) is 7.05 Å². The molecule has 0 aromatic heterocycles. The summed E-state index contributed by atoms with van der Waals surface area (Å²) in [5.74, 6) is -0.798. The van der Waals surface area contributed by atoms with Crippen LogP contribution >= 0.6 is 12.4 Å². The average molecular weight is 353 g/mol. The third kappa shape index (κ3) is 6.29. The van der Waals surface area contributed by atoms with Crippen LogP contribution in [0.4, 0.5) is 4.39 Å². The van der Waals surface area contributed by atoms with Crippen molar-refractivity contribution in [2.45, 2.75) is 29.9 Å². The van der Waals surface area contributed by atoms with Gasteiger partial charge in [-0.15, -0.1) is 12.4 Å². The van der Waals surface area contributed by atoms with Crippen LogP contribution in [0.3, 0.4) is 0 Å². The van der Waals surface area contributed by atoms with Crippen molar-refractivity contribution < 1.29 is 17.6 Å². The Morgan fingerprint density at radius 2 is 1.82 bits per heavy atom. The summed E-state index contributed by atoms with van der Waals surface area (Å²) in [6, 6.07) is 4.62. The molecule has 1 rings (SSSR count). The summed E-state index contributed by atoms with van der Waals surface area (Å²) in [5, 5.41) is 4.78. The molecule has 22 heavy (non-hydrogen) atoms. The largest absolute Gasteiger partial charge is 0.356 e. The van der Waals surface area contributed by atoms with Gasteiger partial charge in [0, 0.05) is 13.0 Å². The molecule has 1 aromatic carbocycles. The first-order valence-corrected chi connectivity index (χ1v) is 8.33. The smallest absolute Gasteiger partial charge is 0.221 e. The summed E-state index contributed by atoms with van der Waals surface area (Å²) < 4.78 is 37.3. The summed E-state index contributed by atoms with van der Waals surface area (Å²) in [5.41, 5.74) is 0. The third-order valence-electron chi connectivity index (χ3n) is 3.07. The summed E-state index contributed by atoms with van der Waals surface area (Å²) in [7, 11) is -1.81. The Kier molecular flexibility index (Phi) is 9.24. The SMILES string of the molecule is CNCCCNC(=O)CC(C)S(=O)(=O)c1ccc(F)cc1.Cl. The van der Waals surface area contributed by atoms with Gasteiger partial charge in [-0.2, -0.15) is 0 Å². The van der Waals surface area contributed by atoms with Crippen molar-refractivity contribution >= 4 is 28.2 Å². The maximum atomic E-state index is 12.8. The molecule has 0 aliphatic rings. The molecule has 1 unspecified atom stereocenters. The molecule has 1 atom stereocenters. The first kappa shape index (κ1) is 20.8. The van der Waals surface area contributed by atoms with E-state index in [1.54, 1.807) is 0 Å². The number of carbonyl (C=O) groups excluding carboxylic acids is 1. The van der Waals surface area contributed by atoms with Crippen LogP contribution in [0.5, 0.6) is 0 Å². The summed E-state index contributed by atoms with van der Waals surface area (Å²) >= 11 is 0. The lowest BCUT2D eigenvalue weighted by Crippen LogP contribution is -2.31. The topological polar surface area (TPSA) is 75.3 Å². The van der Waals surface area contributed by atoms with Crippen molar-refractivity contribution in [1.29, 1.82) is 0 Å². The Morgan fingerprint density at radius 3 is 2.36 bits per heavy atom. The molecule has 126 valence electrons. The van der Waals surface area contributed by atoms with Gasteiger partial charge in [0.25, 0.3) is 0 Å². The van der Waals surface area contributed by atoms with E-state index >= 15 is 0 Å². The Morgan fingerprint density at radius 1 is 1.23 bits per heavy atom. The third-order valence-corrected chi connectivity index (χ3v) is 5.23. The highest BCUT2D eigenvalue weighted by molar-refractivity contribution is 7.92. The van der Waals surface area contributed by atoms with Crippen LogP contribution in [0.1, 0.15) is 19.8 Å². The first-order valence-electron chi connectivity index (χ1n) is 6.78. The highest BCUT2D eigenvalue weighted by Crippen LogP contribution is 2.18. The second kappa shape index (κ2) is 9.76. The quantitative estimate of drug-likeness (QED) is 0.549. The van der Waals surface area contributed by atoms with E-state index in [0.717, 1.165) is 25.1 Å². The van der Waals surface area contributed by atoms with Crippen molar-refractivity contribution in [3.63, 3.8) is 0 Å². The molecule has 8 heteroatoms. The van der Waals surface area contributed by atoms with E-state index in [2.05, 4.69) is 10.6 Å². The number of nitrogens with one attached hydrogen (secondary N) is 2. The van der Waals surface area contributed by atoms with Crippen LogP contribution in [0.15, 0.2) is 29.2 Å². The minimum absolute atomic E-state index is 0. The summed E-state index contributed by atoms with van der Waals surface area (Å²) in [6.07, 6.45) is 0.667. The fourth-order valence-corrected chi connectivity index (χ4v) is 3.14. The van der Waals surface area contributed by atoms with Crippen molar-refractivity contribution in [2.75, 3.05) is 20.1 Å². The van der Waals surface area contributed by atoms with Crippen LogP contribution in [-0.2, 0) is 14.6 Å². The van der Waals surface area contributed by atoms with Gasteiger partial charge >= 0.3 is 0 Å². The Hall–Kier alpha value is -1.18. The van der Waals surface area contributed by atoms with Crippen molar-refractivity contribution in [3.05, 3.63) is 30.1 Å². The molecule has 0 fully saturated rings. The van der Waals surface area contributed by atoms with Gasteiger partial charge in [-0.1, -0.05) is 0 Å². The molecule has 1 aromatic rings. The zero-order valence-electron chi connectivity index (χ0n) is 12.6. The van der Waals surface area contributed by atoms with E-state index in [-0.39, 0.29) is 29.6 Å². The lowest BCUT2D eigenvalue weighted by molar-refractivity contribution is -0.121. The number of hydrogen-bond donors (Lipinski definition) is 2. The minimum atomic E-state index is -3.63. The number of halogens is 2. The van der Waals surface area contributed by atoms with Gasteiger partial charge in [-0.3, -0.25) is 4.79 Å². The highest BCUT2D eigenvalue weighted by atomic mass is 35.5. The molecular formula is C14H22ClFN2O3S. The molecule has 0 aliphatic carbocycles. The number of sulfone groups is 1. The Balaban J connectivity index is 0.00000441. The zero-order valence-corrected chi connectivity index (χ0v) is 14.3. The van der Waals surface area contributed by atoms with E-state index in [0.29, 0.717) is 6.54 Å². The Labute approximate surface area is 137 Å². The predicted molar refractivity (Wildman–Crippen MR) is 86.5 cm³/mol. The normalized spacial score (nSPS) is 12.3. The van der Waals surface area contributed by atoms with Crippen molar-refractivity contribution in [3.8, 4) is 0 Å². The summed E-state index contributed by atoms with van der Waals surface area (Å²) in [6.45, 7) is 2.76. The molecule has 0 saturated carbocycles. The van der Waals surface area contributed by atoms with Crippen molar-refractivity contribution in [2.24, 2.45) is 0 Å². The van der Waals surface area contributed by atoms with E-state index < -0.39 is 20.9 Å². The fourth-order valence-electron chi connectivity index (χ4n) is 1.79. The minimum Gasteiger partial charge on any atom is -0.356 e.